The fourth-order valence-corrected chi connectivity index (χ4v) is 6.86. The highest BCUT2D eigenvalue weighted by Crippen LogP contribution is 2.40. The number of aryl methyl sites for hydroxylation is 2. The molecule has 1 amide bonds. The van der Waals surface area contributed by atoms with Gasteiger partial charge in [0.2, 0.25) is 0 Å². The number of aliphatic imine (C=N–C) groups is 1. The van der Waals surface area contributed by atoms with Gasteiger partial charge >= 0.3 is 0 Å². The predicted octanol–water partition coefficient (Wildman–Crippen LogP) is 7.50. The third kappa shape index (κ3) is 4.73. The van der Waals surface area contributed by atoms with Gasteiger partial charge < -0.3 is 9.88 Å². The number of carbonyl (C=O) groups excluding carboxylic acids is 1. The van der Waals surface area contributed by atoms with E-state index in [2.05, 4.69) is 35.9 Å². The number of hydrogen-bond donors (Lipinski definition) is 1. The maximum Gasteiger partial charge on any atom is 0.254 e. The van der Waals surface area contributed by atoms with Crippen molar-refractivity contribution >= 4 is 40.1 Å². The number of nitrogens with zero attached hydrogens (tertiary/aromatic N) is 2. The molecule has 0 spiro atoms. The van der Waals surface area contributed by atoms with Crippen molar-refractivity contribution < 1.29 is 4.79 Å². The number of fused-ring (bicyclic) bond motifs is 1. The van der Waals surface area contributed by atoms with E-state index in [0.717, 1.165) is 70.3 Å². The van der Waals surface area contributed by atoms with Gasteiger partial charge in [0, 0.05) is 44.8 Å². The molecule has 0 unspecified atom stereocenters. The van der Waals surface area contributed by atoms with Crippen LogP contribution in [0.3, 0.4) is 0 Å². The second-order valence-corrected chi connectivity index (χ2v) is 11.1. The molecule has 1 aromatic carbocycles. The van der Waals surface area contributed by atoms with Crippen molar-refractivity contribution in [2.24, 2.45) is 4.99 Å². The minimum absolute atomic E-state index is 0.0721. The van der Waals surface area contributed by atoms with E-state index < -0.39 is 0 Å². The van der Waals surface area contributed by atoms with Crippen molar-refractivity contribution in [3.8, 4) is 5.69 Å². The third-order valence-electron chi connectivity index (χ3n) is 7.18. The van der Waals surface area contributed by atoms with Gasteiger partial charge in [0.25, 0.3) is 5.91 Å². The zero-order valence-corrected chi connectivity index (χ0v) is 21.6. The van der Waals surface area contributed by atoms with Crippen molar-refractivity contribution in [3.05, 3.63) is 68.3 Å². The molecule has 5 rings (SSSR count). The van der Waals surface area contributed by atoms with Gasteiger partial charge in [-0.05, 0) is 82.2 Å². The summed E-state index contributed by atoms with van der Waals surface area (Å²) < 4.78 is 2.20. The quantitative estimate of drug-likeness (QED) is 0.367. The molecule has 0 saturated heterocycles. The van der Waals surface area contributed by atoms with Crippen LogP contribution in [0.1, 0.15) is 82.7 Å². The highest BCUT2D eigenvalue weighted by Gasteiger charge is 2.27. The van der Waals surface area contributed by atoms with Crippen LogP contribution in [0.25, 0.3) is 5.69 Å². The van der Waals surface area contributed by atoms with Crippen LogP contribution < -0.4 is 5.32 Å². The molecule has 2 aromatic heterocycles. The van der Waals surface area contributed by atoms with E-state index in [9.17, 15) is 4.79 Å². The van der Waals surface area contributed by atoms with Gasteiger partial charge in [-0.15, -0.1) is 11.3 Å². The highest BCUT2D eigenvalue weighted by molar-refractivity contribution is 7.16. The summed E-state index contributed by atoms with van der Waals surface area (Å²) >= 11 is 7.94. The molecule has 3 aromatic rings. The monoisotopic (exact) mass is 493 g/mol. The number of benzene rings is 1. The lowest BCUT2D eigenvalue weighted by Crippen LogP contribution is -2.36. The van der Waals surface area contributed by atoms with Crippen LogP contribution in [0.4, 0.5) is 5.00 Å². The van der Waals surface area contributed by atoms with Gasteiger partial charge in [-0.25, -0.2) is 4.99 Å². The maximum atomic E-state index is 13.4. The average molecular weight is 494 g/mol. The highest BCUT2D eigenvalue weighted by atomic mass is 35.5. The van der Waals surface area contributed by atoms with E-state index in [0.29, 0.717) is 6.04 Å². The number of amides is 1. The lowest BCUT2D eigenvalue weighted by molar-refractivity contribution is 0.0927. The first-order chi connectivity index (χ1) is 16.5. The first kappa shape index (κ1) is 23.4. The van der Waals surface area contributed by atoms with Gasteiger partial charge in [0.05, 0.1) is 5.56 Å². The lowest BCUT2D eigenvalue weighted by atomic mass is 9.93. The maximum absolute atomic E-state index is 13.4. The van der Waals surface area contributed by atoms with E-state index in [1.54, 1.807) is 11.3 Å². The van der Waals surface area contributed by atoms with Gasteiger partial charge in [-0.2, -0.15) is 0 Å². The second kappa shape index (κ2) is 10.1. The summed E-state index contributed by atoms with van der Waals surface area (Å²) in [5, 5.41) is 4.91. The molecule has 0 aliphatic heterocycles. The Morgan fingerprint density at radius 1 is 1.12 bits per heavy atom. The summed E-state index contributed by atoms with van der Waals surface area (Å²) in [5.74, 6) is 0.0721. The molecule has 0 atom stereocenters. The molecule has 6 heteroatoms. The van der Waals surface area contributed by atoms with Crippen LogP contribution in [0.5, 0.6) is 0 Å². The minimum Gasteiger partial charge on any atom is -0.349 e. The normalized spacial score (nSPS) is 16.7. The number of carbonyl (C=O) groups is 1. The molecule has 2 heterocycles. The molecular formula is C28H32ClN3OS. The molecule has 2 aliphatic rings. The molecule has 178 valence electrons. The fourth-order valence-electron chi connectivity index (χ4n) is 5.44. The van der Waals surface area contributed by atoms with E-state index in [1.807, 2.05) is 24.4 Å². The van der Waals surface area contributed by atoms with E-state index in [4.69, 9.17) is 16.6 Å². The Balaban J connectivity index is 1.46. The molecule has 1 N–H and O–H groups in total. The summed E-state index contributed by atoms with van der Waals surface area (Å²) in [7, 11) is 0. The average Bonchev–Trinajstić information content (AvgIpc) is 3.34. The summed E-state index contributed by atoms with van der Waals surface area (Å²) in [5.41, 5.74) is 6.40. The first-order valence-corrected chi connectivity index (χ1v) is 13.6. The molecular weight excluding hydrogens is 462 g/mol. The Bertz CT molecular complexity index is 1230. The largest absolute Gasteiger partial charge is 0.349 e. The molecule has 1 saturated carbocycles. The number of halogens is 1. The second-order valence-electron chi connectivity index (χ2n) is 9.60. The van der Waals surface area contributed by atoms with Crippen molar-refractivity contribution in [3.63, 3.8) is 0 Å². The minimum atomic E-state index is 0.0721. The van der Waals surface area contributed by atoms with E-state index in [1.165, 1.54) is 36.1 Å². The van der Waals surface area contributed by atoms with Crippen molar-refractivity contribution in [1.29, 1.82) is 0 Å². The Kier molecular flexibility index (Phi) is 6.94. The van der Waals surface area contributed by atoms with Crippen molar-refractivity contribution in [2.75, 3.05) is 0 Å². The molecule has 2 aliphatic carbocycles. The molecule has 0 radical (unpaired) electrons. The van der Waals surface area contributed by atoms with Gasteiger partial charge in [-0.1, -0.05) is 36.9 Å². The fraction of sp³-hybridized carbons (Fsp3) is 0.429. The Labute approximate surface area is 211 Å². The zero-order chi connectivity index (χ0) is 23.7. The van der Waals surface area contributed by atoms with Crippen LogP contribution in [-0.2, 0) is 12.8 Å². The van der Waals surface area contributed by atoms with Crippen LogP contribution in [0.15, 0.2) is 35.3 Å². The van der Waals surface area contributed by atoms with Crippen LogP contribution >= 0.6 is 22.9 Å². The number of rotatable bonds is 5. The number of hydrogen-bond acceptors (Lipinski definition) is 3. The summed E-state index contributed by atoms with van der Waals surface area (Å²) in [6.45, 7) is 4.20. The Morgan fingerprint density at radius 2 is 1.91 bits per heavy atom. The van der Waals surface area contributed by atoms with Crippen LogP contribution in [-0.4, -0.2) is 22.7 Å². The summed E-state index contributed by atoms with van der Waals surface area (Å²) in [6, 6.07) is 10.3. The van der Waals surface area contributed by atoms with Gasteiger partial charge in [0.1, 0.15) is 5.00 Å². The molecule has 1 fully saturated rings. The van der Waals surface area contributed by atoms with Gasteiger partial charge in [0.15, 0.2) is 0 Å². The zero-order valence-electron chi connectivity index (χ0n) is 20.0. The van der Waals surface area contributed by atoms with Crippen LogP contribution in [0.2, 0.25) is 5.02 Å². The first-order valence-electron chi connectivity index (χ1n) is 12.5. The van der Waals surface area contributed by atoms with Crippen molar-refractivity contribution in [1.82, 2.24) is 9.88 Å². The SMILES string of the molecule is Cc1cc(C=Nc2sc3c(c2C(=O)NC2CCCCC2)CCCC3)c(C)n1-c1cccc(Cl)c1. The van der Waals surface area contributed by atoms with Gasteiger partial charge in [-0.3, -0.25) is 4.79 Å². The number of aromatic nitrogens is 1. The van der Waals surface area contributed by atoms with Crippen LogP contribution in [0, 0.1) is 13.8 Å². The van der Waals surface area contributed by atoms with Crippen molar-refractivity contribution in [2.45, 2.75) is 77.7 Å². The van der Waals surface area contributed by atoms with E-state index in [-0.39, 0.29) is 5.91 Å². The summed E-state index contributed by atoms with van der Waals surface area (Å²) in [4.78, 5) is 19.7. The third-order valence-corrected chi connectivity index (χ3v) is 8.61. The summed E-state index contributed by atoms with van der Waals surface area (Å²) in [6.07, 6.45) is 12.2. The molecule has 0 bridgehead atoms. The standard InChI is InChI=1S/C28H32ClN3OS/c1-18-15-20(19(2)32(18)23-12-8-9-21(29)16-23)17-30-28-26(24-13-6-7-14-25(24)34-28)27(33)31-22-10-4-3-5-11-22/h8-9,12,15-17,22H,3-7,10-11,13-14H2,1-2H3,(H,31,33). The Morgan fingerprint density at radius 3 is 2.71 bits per heavy atom. The Hall–Kier alpha value is -2.37. The topological polar surface area (TPSA) is 46.4 Å². The number of nitrogens with one attached hydrogen (secondary N) is 1. The van der Waals surface area contributed by atoms with E-state index >= 15 is 0 Å². The smallest absolute Gasteiger partial charge is 0.254 e. The molecule has 34 heavy (non-hydrogen) atoms. The number of thiophene rings is 1. The lowest BCUT2D eigenvalue weighted by Gasteiger charge is -2.23. The molecule has 4 nitrogen and oxygen atoms in total. The predicted molar refractivity (Wildman–Crippen MR) is 143 cm³/mol.